The standard InChI is InChI=1S/C14H15BrN2O.ClH/c15-12-5-3-11(4-6-12)14-16-13(10-18-14)9-17-7-1-2-8-17;/h3-6,10H,1-2,7-9H2;1H. The molecule has 0 bridgehead atoms. The Morgan fingerprint density at radius 3 is 2.53 bits per heavy atom. The summed E-state index contributed by atoms with van der Waals surface area (Å²) in [7, 11) is 0. The lowest BCUT2D eigenvalue weighted by Gasteiger charge is -2.11. The van der Waals surface area contributed by atoms with Gasteiger partial charge in [0.05, 0.1) is 5.69 Å². The Balaban J connectivity index is 0.00000133. The molecule has 3 nitrogen and oxygen atoms in total. The van der Waals surface area contributed by atoms with Crippen LogP contribution in [0.25, 0.3) is 11.5 Å². The van der Waals surface area contributed by atoms with Crippen molar-refractivity contribution in [3.05, 3.63) is 40.7 Å². The first kappa shape index (κ1) is 14.6. The second kappa shape index (κ2) is 6.55. The first-order chi connectivity index (χ1) is 8.81. The van der Waals surface area contributed by atoms with E-state index >= 15 is 0 Å². The molecule has 2 heterocycles. The van der Waals surface area contributed by atoms with Crippen molar-refractivity contribution < 1.29 is 4.42 Å². The molecule has 3 rings (SSSR count). The van der Waals surface area contributed by atoms with Crippen molar-refractivity contribution in [1.82, 2.24) is 9.88 Å². The highest BCUT2D eigenvalue weighted by atomic mass is 79.9. The third-order valence-corrected chi connectivity index (χ3v) is 3.76. The van der Waals surface area contributed by atoms with Crippen LogP contribution in [0.2, 0.25) is 0 Å². The van der Waals surface area contributed by atoms with Crippen LogP contribution >= 0.6 is 28.3 Å². The fourth-order valence-corrected chi connectivity index (χ4v) is 2.54. The van der Waals surface area contributed by atoms with Crippen LogP contribution < -0.4 is 0 Å². The lowest BCUT2D eigenvalue weighted by atomic mass is 10.2. The lowest BCUT2D eigenvalue weighted by molar-refractivity contribution is 0.327. The Morgan fingerprint density at radius 2 is 1.84 bits per heavy atom. The normalized spacial score (nSPS) is 15.4. The second-order valence-corrected chi connectivity index (χ2v) is 5.55. The Labute approximate surface area is 127 Å². The Hall–Kier alpha value is -0.840. The predicted octanol–water partition coefficient (Wildman–Crippen LogP) is 4.12. The van der Waals surface area contributed by atoms with Crippen LogP contribution in [0, 0.1) is 0 Å². The zero-order valence-corrected chi connectivity index (χ0v) is 12.9. The van der Waals surface area contributed by atoms with Crippen LogP contribution in [0.4, 0.5) is 0 Å². The summed E-state index contributed by atoms with van der Waals surface area (Å²) in [6.45, 7) is 3.26. The molecule has 1 aliphatic rings. The molecule has 1 aromatic heterocycles. The number of hydrogen-bond acceptors (Lipinski definition) is 3. The number of halogens is 2. The maximum Gasteiger partial charge on any atom is 0.226 e. The van der Waals surface area contributed by atoms with Crippen LogP contribution in [0.1, 0.15) is 18.5 Å². The molecular weight excluding hydrogens is 328 g/mol. The van der Waals surface area contributed by atoms with E-state index in [0.29, 0.717) is 5.89 Å². The van der Waals surface area contributed by atoms with Gasteiger partial charge in [-0.25, -0.2) is 4.98 Å². The van der Waals surface area contributed by atoms with Gasteiger partial charge in [-0.05, 0) is 50.2 Å². The number of aromatic nitrogens is 1. The van der Waals surface area contributed by atoms with Gasteiger partial charge in [0.1, 0.15) is 6.26 Å². The summed E-state index contributed by atoms with van der Waals surface area (Å²) in [5.74, 6) is 0.705. The van der Waals surface area contributed by atoms with E-state index < -0.39 is 0 Å². The van der Waals surface area contributed by atoms with Crippen molar-refractivity contribution in [2.24, 2.45) is 0 Å². The molecule has 0 radical (unpaired) electrons. The molecule has 1 fully saturated rings. The molecule has 1 aromatic carbocycles. The van der Waals surface area contributed by atoms with Gasteiger partial charge in [-0.3, -0.25) is 4.90 Å². The molecule has 2 aromatic rings. The van der Waals surface area contributed by atoms with Crippen LogP contribution in [-0.4, -0.2) is 23.0 Å². The average molecular weight is 344 g/mol. The third kappa shape index (κ3) is 3.59. The highest BCUT2D eigenvalue weighted by Crippen LogP contribution is 2.22. The molecule has 0 N–H and O–H groups in total. The van der Waals surface area contributed by atoms with Crippen LogP contribution in [0.3, 0.4) is 0 Å². The number of oxazole rings is 1. The topological polar surface area (TPSA) is 29.3 Å². The summed E-state index contributed by atoms with van der Waals surface area (Å²) in [5, 5.41) is 0. The minimum Gasteiger partial charge on any atom is -0.444 e. The average Bonchev–Trinajstić information content (AvgIpc) is 3.02. The molecule has 102 valence electrons. The molecule has 0 spiro atoms. The Kier molecular flexibility index (Phi) is 5.02. The van der Waals surface area contributed by atoms with Gasteiger partial charge in [-0.1, -0.05) is 15.9 Å². The Bertz CT molecular complexity index is 520. The molecule has 0 amide bonds. The van der Waals surface area contributed by atoms with Crippen molar-refractivity contribution in [2.45, 2.75) is 19.4 Å². The van der Waals surface area contributed by atoms with Gasteiger partial charge in [0.25, 0.3) is 0 Å². The van der Waals surface area contributed by atoms with E-state index in [1.54, 1.807) is 6.26 Å². The van der Waals surface area contributed by atoms with Gasteiger partial charge in [0, 0.05) is 16.6 Å². The second-order valence-electron chi connectivity index (χ2n) is 4.63. The van der Waals surface area contributed by atoms with E-state index in [0.717, 1.165) is 22.3 Å². The van der Waals surface area contributed by atoms with E-state index in [-0.39, 0.29) is 12.4 Å². The van der Waals surface area contributed by atoms with Gasteiger partial charge in [-0.15, -0.1) is 12.4 Å². The number of benzene rings is 1. The first-order valence-electron chi connectivity index (χ1n) is 6.24. The maximum absolute atomic E-state index is 5.55. The number of rotatable bonds is 3. The van der Waals surface area contributed by atoms with Crippen LogP contribution in [0.5, 0.6) is 0 Å². The van der Waals surface area contributed by atoms with Crippen molar-refractivity contribution in [3.8, 4) is 11.5 Å². The Morgan fingerprint density at radius 1 is 1.16 bits per heavy atom. The minimum absolute atomic E-state index is 0. The van der Waals surface area contributed by atoms with E-state index in [1.165, 1.54) is 25.9 Å². The van der Waals surface area contributed by atoms with E-state index in [4.69, 9.17) is 4.42 Å². The van der Waals surface area contributed by atoms with Crippen molar-refractivity contribution in [3.63, 3.8) is 0 Å². The molecule has 0 unspecified atom stereocenters. The van der Waals surface area contributed by atoms with Gasteiger partial charge in [-0.2, -0.15) is 0 Å². The SMILES string of the molecule is Brc1ccc(-c2nc(CN3CCCC3)co2)cc1.Cl. The van der Waals surface area contributed by atoms with Gasteiger partial charge in [0.15, 0.2) is 0 Å². The molecule has 5 heteroatoms. The van der Waals surface area contributed by atoms with E-state index in [2.05, 4.69) is 25.8 Å². The highest BCUT2D eigenvalue weighted by molar-refractivity contribution is 9.10. The third-order valence-electron chi connectivity index (χ3n) is 3.23. The van der Waals surface area contributed by atoms with Crippen LogP contribution in [-0.2, 0) is 6.54 Å². The smallest absolute Gasteiger partial charge is 0.226 e. The molecule has 0 saturated carbocycles. The van der Waals surface area contributed by atoms with Crippen molar-refractivity contribution in [2.75, 3.05) is 13.1 Å². The highest BCUT2D eigenvalue weighted by Gasteiger charge is 2.14. The maximum atomic E-state index is 5.55. The zero-order chi connectivity index (χ0) is 12.4. The number of likely N-dealkylation sites (tertiary alicyclic amines) is 1. The zero-order valence-electron chi connectivity index (χ0n) is 10.5. The number of nitrogens with zero attached hydrogens (tertiary/aromatic N) is 2. The summed E-state index contributed by atoms with van der Waals surface area (Å²) in [6.07, 6.45) is 4.38. The molecule has 0 atom stereocenters. The van der Waals surface area contributed by atoms with E-state index in [9.17, 15) is 0 Å². The summed E-state index contributed by atoms with van der Waals surface area (Å²) >= 11 is 3.42. The first-order valence-corrected chi connectivity index (χ1v) is 7.03. The largest absolute Gasteiger partial charge is 0.444 e. The molecule has 1 saturated heterocycles. The van der Waals surface area contributed by atoms with Gasteiger partial charge in [0.2, 0.25) is 5.89 Å². The fourth-order valence-electron chi connectivity index (χ4n) is 2.27. The van der Waals surface area contributed by atoms with Gasteiger partial charge >= 0.3 is 0 Å². The minimum atomic E-state index is 0. The molecule has 1 aliphatic heterocycles. The number of hydrogen-bond donors (Lipinski definition) is 0. The molecule has 0 aliphatic carbocycles. The summed E-state index contributed by atoms with van der Waals surface area (Å²) in [5.41, 5.74) is 2.04. The van der Waals surface area contributed by atoms with Crippen molar-refractivity contribution in [1.29, 1.82) is 0 Å². The van der Waals surface area contributed by atoms with Crippen LogP contribution in [0.15, 0.2) is 39.4 Å². The van der Waals surface area contributed by atoms with Crippen molar-refractivity contribution >= 4 is 28.3 Å². The monoisotopic (exact) mass is 342 g/mol. The predicted molar refractivity (Wildman–Crippen MR) is 81.4 cm³/mol. The summed E-state index contributed by atoms with van der Waals surface area (Å²) in [4.78, 5) is 6.97. The van der Waals surface area contributed by atoms with Gasteiger partial charge < -0.3 is 4.42 Å². The lowest BCUT2D eigenvalue weighted by Crippen LogP contribution is -2.18. The summed E-state index contributed by atoms with van der Waals surface area (Å²) < 4.78 is 6.61. The fraction of sp³-hybridized carbons (Fsp3) is 0.357. The van der Waals surface area contributed by atoms with E-state index in [1.807, 2.05) is 24.3 Å². The molecular formula is C14H16BrClN2O. The quantitative estimate of drug-likeness (QED) is 0.839. The summed E-state index contributed by atoms with van der Waals surface area (Å²) in [6, 6.07) is 8.02. The molecule has 19 heavy (non-hydrogen) atoms.